The Balaban J connectivity index is 3.30. The molecule has 0 radical (unpaired) electrons. The van der Waals surface area contributed by atoms with Gasteiger partial charge in [-0.25, -0.2) is 0 Å². The monoisotopic (exact) mass is 464 g/mol. The summed E-state index contributed by atoms with van der Waals surface area (Å²) in [5, 5.41) is 0. The van der Waals surface area contributed by atoms with Gasteiger partial charge in [-0.1, -0.05) is 33.1 Å². The maximum absolute atomic E-state index is 11.6. The largest absolute Gasteiger partial charge is 0.460 e. The molecule has 30 heavy (non-hydrogen) atoms. The van der Waals surface area contributed by atoms with Crippen LogP contribution in [-0.4, -0.2) is 62.6 Å². The van der Waals surface area contributed by atoms with Crippen molar-refractivity contribution in [2.24, 2.45) is 5.92 Å². The zero-order valence-corrected chi connectivity index (χ0v) is 22.5. The van der Waals surface area contributed by atoms with Crippen LogP contribution in [0.15, 0.2) is 0 Å². The molecular weight excluding hydrogens is 414 g/mol. The first-order chi connectivity index (χ1) is 14.4. The normalized spacial score (nSPS) is 13.6. The summed E-state index contributed by atoms with van der Waals surface area (Å²) >= 11 is 0. The van der Waals surface area contributed by atoms with Gasteiger partial charge in [0.1, 0.15) is 5.60 Å². The molecular formula is C24H50O4P2. The fraction of sp³-hybridized carbons (Fsp3) is 0.958. The van der Waals surface area contributed by atoms with Crippen LogP contribution in [0.3, 0.4) is 0 Å². The minimum absolute atomic E-state index is 0.102. The van der Waals surface area contributed by atoms with Gasteiger partial charge >= 0.3 is 5.97 Å². The van der Waals surface area contributed by atoms with Crippen LogP contribution in [0.2, 0.25) is 0 Å². The van der Waals surface area contributed by atoms with Gasteiger partial charge in [-0.2, -0.15) is 0 Å². The summed E-state index contributed by atoms with van der Waals surface area (Å²) in [6, 6.07) is 0. The SMILES string of the molecule is CCCPCCC(CC)CCPCCOCCOCCCCCC(=O)OC(C)(C)C. The van der Waals surface area contributed by atoms with Crippen LogP contribution in [0.5, 0.6) is 0 Å². The average Bonchev–Trinajstić information content (AvgIpc) is 2.68. The molecule has 0 aliphatic carbocycles. The second-order valence-corrected chi connectivity index (χ2v) is 12.0. The van der Waals surface area contributed by atoms with Gasteiger partial charge in [0.15, 0.2) is 0 Å². The van der Waals surface area contributed by atoms with Crippen molar-refractivity contribution in [3.63, 3.8) is 0 Å². The van der Waals surface area contributed by atoms with Gasteiger partial charge in [-0.05, 0) is 77.0 Å². The number of carbonyl (C=O) groups is 1. The summed E-state index contributed by atoms with van der Waals surface area (Å²) in [6.07, 6.45) is 14.3. The highest BCUT2D eigenvalue weighted by molar-refractivity contribution is 7.38. The zero-order valence-electron chi connectivity index (χ0n) is 20.5. The second-order valence-electron chi connectivity index (χ2n) is 8.97. The number of unbranched alkanes of at least 4 members (excludes halogenated alkanes) is 2. The summed E-state index contributed by atoms with van der Waals surface area (Å²) in [6.45, 7) is 13.3. The fourth-order valence-electron chi connectivity index (χ4n) is 3.10. The standard InChI is InChI=1S/C24H50O4P2/c1-6-18-29-19-12-22(7-2)13-20-30-21-17-27-16-15-26-14-10-8-9-11-23(25)28-24(3,4)5/h22,29-30H,6-21H2,1-5H3. The van der Waals surface area contributed by atoms with Crippen LogP contribution < -0.4 is 0 Å². The molecule has 0 amide bonds. The minimum atomic E-state index is -0.382. The lowest BCUT2D eigenvalue weighted by atomic mass is 10.0. The molecule has 4 nitrogen and oxygen atoms in total. The van der Waals surface area contributed by atoms with Crippen molar-refractivity contribution in [1.82, 2.24) is 0 Å². The van der Waals surface area contributed by atoms with E-state index in [4.69, 9.17) is 14.2 Å². The van der Waals surface area contributed by atoms with Gasteiger partial charge in [0.2, 0.25) is 0 Å². The van der Waals surface area contributed by atoms with Crippen LogP contribution in [0.4, 0.5) is 0 Å². The van der Waals surface area contributed by atoms with Crippen LogP contribution in [0.1, 0.15) is 86.0 Å². The van der Waals surface area contributed by atoms with Crippen LogP contribution in [0.25, 0.3) is 0 Å². The third-order valence-electron chi connectivity index (χ3n) is 4.85. The molecule has 0 saturated heterocycles. The Labute approximate surface area is 190 Å². The molecule has 0 heterocycles. The molecule has 0 aliphatic heterocycles. The summed E-state index contributed by atoms with van der Waals surface area (Å²) in [5.41, 5.74) is -0.382. The van der Waals surface area contributed by atoms with Crippen molar-refractivity contribution in [2.75, 3.05) is 51.1 Å². The van der Waals surface area contributed by atoms with Gasteiger partial charge in [0.25, 0.3) is 0 Å². The van der Waals surface area contributed by atoms with E-state index in [9.17, 15) is 4.79 Å². The van der Waals surface area contributed by atoms with E-state index >= 15 is 0 Å². The first-order valence-electron chi connectivity index (χ1n) is 12.2. The van der Waals surface area contributed by atoms with Crippen LogP contribution in [0, 0.1) is 5.92 Å². The first-order valence-corrected chi connectivity index (χ1v) is 15.0. The van der Waals surface area contributed by atoms with E-state index in [0.29, 0.717) is 19.6 Å². The molecule has 0 aromatic carbocycles. The van der Waals surface area contributed by atoms with E-state index < -0.39 is 0 Å². The van der Waals surface area contributed by atoms with Crippen molar-refractivity contribution in [3.05, 3.63) is 0 Å². The van der Waals surface area contributed by atoms with Crippen molar-refractivity contribution < 1.29 is 19.0 Å². The van der Waals surface area contributed by atoms with Gasteiger partial charge < -0.3 is 14.2 Å². The molecule has 180 valence electrons. The lowest BCUT2D eigenvalue weighted by molar-refractivity contribution is -0.154. The predicted octanol–water partition coefficient (Wildman–Crippen LogP) is 6.50. The Kier molecular flexibility index (Phi) is 21.3. The summed E-state index contributed by atoms with van der Waals surface area (Å²) in [7, 11) is 2.22. The van der Waals surface area contributed by atoms with Crippen molar-refractivity contribution in [1.29, 1.82) is 0 Å². The van der Waals surface area contributed by atoms with Crippen LogP contribution in [-0.2, 0) is 19.0 Å². The molecule has 3 atom stereocenters. The highest BCUT2D eigenvalue weighted by atomic mass is 31.1. The highest BCUT2D eigenvalue weighted by Gasteiger charge is 2.15. The molecule has 0 rings (SSSR count). The molecule has 0 fully saturated rings. The van der Waals surface area contributed by atoms with Crippen molar-refractivity contribution in [3.8, 4) is 0 Å². The lowest BCUT2D eigenvalue weighted by Crippen LogP contribution is -2.23. The van der Waals surface area contributed by atoms with E-state index in [1.54, 1.807) is 0 Å². The van der Waals surface area contributed by atoms with Gasteiger partial charge in [-0.3, -0.25) is 4.79 Å². The molecule has 0 spiro atoms. The lowest BCUT2D eigenvalue weighted by Gasteiger charge is -2.19. The van der Waals surface area contributed by atoms with E-state index in [-0.39, 0.29) is 11.6 Å². The molecule has 0 N–H and O–H groups in total. The number of rotatable bonds is 21. The quantitative estimate of drug-likeness (QED) is 0.111. The zero-order chi connectivity index (χ0) is 22.5. The Morgan fingerprint density at radius 2 is 1.43 bits per heavy atom. The molecule has 0 saturated carbocycles. The minimum Gasteiger partial charge on any atom is -0.460 e. The molecule has 0 bridgehead atoms. The highest BCUT2D eigenvalue weighted by Crippen LogP contribution is 2.23. The summed E-state index contributed by atoms with van der Waals surface area (Å²) < 4.78 is 16.6. The summed E-state index contributed by atoms with van der Waals surface area (Å²) in [4.78, 5) is 11.6. The molecule has 0 aromatic rings. The first kappa shape index (κ1) is 30.2. The summed E-state index contributed by atoms with van der Waals surface area (Å²) in [5.74, 6) is 0.843. The fourth-order valence-corrected chi connectivity index (χ4v) is 5.47. The smallest absolute Gasteiger partial charge is 0.306 e. The number of ether oxygens (including phenoxy) is 3. The average molecular weight is 465 g/mol. The number of hydrogen-bond donors (Lipinski definition) is 0. The maximum atomic E-state index is 11.6. The number of esters is 1. The number of carbonyl (C=O) groups excluding carboxylic acids is 1. The molecule has 3 unspecified atom stereocenters. The topological polar surface area (TPSA) is 44.8 Å². The van der Waals surface area contributed by atoms with E-state index in [1.807, 2.05) is 20.8 Å². The molecule has 0 aliphatic rings. The predicted molar refractivity (Wildman–Crippen MR) is 135 cm³/mol. The van der Waals surface area contributed by atoms with Gasteiger partial charge in [-0.15, -0.1) is 17.2 Å². The van der Waals surface area contributed by atoms with E-state index in [1.165, 1.54) is 58.9 Å². The van der Waals surface area contributed by atoms with Crippen LogP contribution >= 0.6 is 17.2 Å². The maximum Gasteiger partial charge on any atom is 0.306 e. The Morgan fingerprint density at radius 1 is 0.800 bits per heavy atom. The van der Waals surface area contributed by atoms with Crippen molar-refractivity contribution in [2.45, 2.75) is 91.6 Å². The Bertz CT molecular complexity index is 386. The third kappa shape index (κ3) is 22.9. The van der Waals surface area contributed by atoms with Crippen molar-refractivity contribution >= 4 is 23.1 Å². The molecule has 0 aromatic heterocycles. The third-order valence-corrected chi connectivity index (χ3v) is 7.54. The van der Waals surface area contributed by atoms with Gasteiger partial charge in [0, 0.05) is 13.0 Å². The molecule has 6 heteroatoms. The van der Waals surface area contributed by atoms with Gasteiger partial charge in [0.05, 0.1) is 19.8 Å². The number of hydrogen-bond acceptors (Lipinski definition) is 4. The second kappa shape index (κ2) is 21.1. The van der Waals surface area contributed by atoms with E-state index in [2.05, 4.69) is 13.8 Å². The van der Waals surface area contributed by atoms with E-state index in [0.717, 1.165) is 47.0 Å². The Morgan fingerprint density at radius 3 is 2.03 bits per heavy atom. The Hall–Kier alpha value is 0.250.